The number of alkyl halides is 1. The molecule has 1 aromatic carbocycles. The van der Waals surface area contributed by atoms with Crippen LogP contribution in [0.5, 0.6) is 0 Å². The van der Waals surface area contributed by atoms with Crippen LogP contribution >= 0.6 is 22.6 Å². The Balaban J connectivity index is 3.11. The van der Waals surface area contributed by atoms with Gasteiger partial charge < -0.3 is 4.84 Å². The highest BCUT2D eigenvalue weighted by atomic mass is 127. The molecule has 0 aromatic heterocycles. The van der Waals surface area contributed by atoms with Gasteiger partial charge in [-0.05, 0) is 5.56 Å². The van der Waals surface area contributed by atoms with Crippen molar-refractivity contribution in [1.82, 2.24) is 0 Å². The van der Waals surface area contributed by atoms with Crippen LogP contribution < -0.4 is 0 Å². The van der Waals surface area contributed by atoms with Crippen molar-refractivity contribution in [3.8, 4) is 0 Å². The number of rotatable bonds is 4. The first kappa shape index (κ1) is 12.5. The van der Waals surface area contributed by atoms with E-state index in [0.29, 0.717) is 0 Å². The second kappa shape index (κ2) is 5.49. The summed E-state index contributed by atoms with van der Waals surface area (Å²) in [7, 11) is 1.59. The van der Waals surface area contributed by atoms with Crippen LogP contribution in [0.1, 0.15) is 19.4 Å². The van der Waals surface area contributed by atoms with Gasteiger partial charge in [0.05, 0.1) is 5.71 Å². The molecule has 3 heteroatoms. The molecule has 0 saturated heterocycles. The van der Waals surface area contributed by atoms with Gasteiger partial charge >= 0.3 is 0 Å². The van der Waals surface area contributed by atoms with Crippen molar-refractivity contribution in [3.63, 3.8) is 0 Å². The summed E-state index contributed by atoms with van der Waals surface area (Å²) in [6.45, 7) is 4.34. The van der Waals surface area contributed by atoms with E-state index in [2.05, 4.69) is 53.7 Å². The fourth-order valence-corrected chi connectivity index (χ4v) is 1.68. The van der Waals surface area contributed by atoms with Gasteiger partial charge in [-0.1, -0.05) is 71.9 Å². The fraction of sp³-hybridized carbons (Fsp3) is 0.417. The second-order valence-electron chi connectivity index (χ2n) is 4.01. The molecule has 15 heavy (non-hydrogen) atoms. The van der Waals surface area contributed by atoms with E-state index in [9.17, 15) is 0 Å². The van der Waals surface area contributed by atoms with Gasteiger partial charge in [0.25, 0.3) is 0 Å². The lowest BCUT2D eigenvalue weighted by atomic mass is 9.86. The highest BCUT2D eigenvalue weighted by molar-refractivity contribution is 14.1. The number of oxime groups is 1. The zero-order chi connectivity index (χ0) is 11.3. The molecule has 1 rings (SSSR count). The highest BCUT2D eigenvalue weighted by Gasteiger charge is 2.25. The zero-order valence-electron chi connectivity index (χ0n) is 9.33. The minimum absolute atomic E-state index is 0.0257. The van der Waals surface area contributed by atoms with Crippen molar-refractivity contribution < 1.29 is 4.84 Å². The van der Waals surface area contributed by atoms with E-state index in [1.807, 2.05) is 18.2 Å². The minimum Gasteiger partial charge on any atom is -0.399 e. The Hall–Kier alpha value is -0.580. The molecule has 0 radical (unpaired) electrons. The van der Waals surface area contributed by atoms with Crippen molar-refractivity contribution in [3.05, 3.63) is 35.9 Å². The molecule has 0 N–H and O–H groups in total. The maximum Gasteiger partial charge on any atom is 0.106 e. The van der Waals surface area contributed by atoms with E-state index in [1.54, 1.807) is 7.11 Å². The first-order valence-electron chi connectivity index (χ1n) is 4.85. The molecule has 0 aliphatic carbocycles. The Morgan fingerprint density at radius 2 is 1.93 bits per heavy atom. The summed E-state index contributed by atoms with van der Waals surface area (Å²) >= 11 is 2.38. The van der Waals surface area contributed by atoms with Crippen LogP contribution in [0.15, 0.2) is 35.5 Å². The molecule has 0 fully saturated rings. The van der Waals surface area contributed by atoms with E-state index in [-0.39, 0.29) is 5.41 Å². The Morgan fingerprint density at radius 1 is 1.33 bits per heavy atom. The van der Waals surface area contributed by atoms with Gasteiger partial charge in [0.2, 0.25) is 0 Å². The lowest BCUT2D eigenvalue weighted by Gasteiger charge is -2.23. The molecule has 0 aliphatic heterocycles. The van der Waals surface area contributed by atoms with Crippen molar-refractivity contribution >= 4 is 28.3 Å². The molecular weight excluding hydrogens is 301 g/mol. The summed E-state index contributed by atoms with van der Waals surface area (Å²) in [5, 5.41) is 4.15. The molecule has 0 heterocycles. The first-order valence-corrected chi connectivity index (χ1v) is 6.37. The molecule has 1 aromatic rings. The molecule has 82 valence electrons. The Labute approximate surface area is 105 Å². The van der Waals surface area contributed by atoms with E-state index in [4.69, 9.17) is 4.84 Å². The Kier molecular flexibility index (Phi) is 4.57. The molecule has 0 aliphatic rings. The molecular formula is C12H16INO. The molecule has 0 atom stereocenters. The van der Waals surface area contributed by atoms with Gasteiger partial charge in [0.1, 0.15) is 7.11 Å². The van der Waals surface area contributed by atoms with Gasteiger partial charge in [-0.25, -0.2) is 0 Å². The van der Waals surface area contributed by atoms with Crippen molar-refractivity contribution in [2.24, 2.45) is 10.6 Å². The Bertz CT molecular complexity index is 333. The third kappa shape index (κ3) is 3.19. The highest BCUT2D eigenvalue weighted by Crippen LogP contribution is 2.25. The average molecular weight is 317 g/mol. The average Bonchev–Trinajstić information content (AvgIpc) is 2.27. The molecule has 0 bridgehead atoms. The molecule has 2 nitrogen and oxygen atoms in total. The van der Waals surface area contributed by atoms with E-state index in [1.165, 1.54) is 0 Å². The van der Waals surface area contributed by atoms with Crippen LogP contribution in [-0.4, -0.2) is 17.2 Å². The maximum absolute atomic E-state index is 4.93. The van der Waals surface area contributed by atoms with Crippen LogP contribution in [0.25, 0.3) is 0 Å². The summed E-state index contributed by atoms with van der Waals surface area (Å²) < 4.78 is 1.00. The van der Waals surface area contributed by atoms with Gasteiger partial charge in [-0.2, -0.15) is 0 Å². The van der Waals surface area contributed by atoms with Crippen molar-refractivity contribution in [2.45, 2.75) is 13.8 Å². The minimum atomic E-state index is 0.0257. The smallest absolute Gasteiger partial charge is 0.106 e. The monoisotopic (exact) mass is 317 g/mol. The standard InChI is InChI=1S/C12H16INO/c1-12(2,9-13)11(14-15-3)10-7-5-4-6-8-10/h4-8H,9H2,1-3H3/b14-11+. The van der Waals surface area contributed by atoms with Gasteiger partial charge in [-0.15, -0.1) is 0 Å². The predicted octanol–water partition coefficient (Wildman–Crippen LogP) is 3.50. The van der Waals surface area contributed by atoms with Crippen molar-refractivity contribution in [1.29, 1.82) is 0 Å². The third-order valence-electron chi connectivity index (χ3n) is 2.20. The topological polar surface area (TPSA) is 21.6 Å². The number of nitrogens with zero attached hydrogens (tertiary/aromatic N) is 1. The molecule has 0 unspecified atom stereocenters. The van der Waals surface area contributed by atoms with E-state index in [0.717, 1.165) is 15.7 Å². The van der Waals surface area contributed by atoms with Crippen LogP contribution in [0.2, 0.25) is 0 Å². The summed E-state index contributed by atoms with van der Waals surface area (Å²) in [4.78, 5) is 4.93. The SMILES string of the molecule is CO/N=C(\c1ccccc1)C(C)(C)CI. The number of hydrogen-bond acceptors (Lipinski definition) is 2. The maximum atomic E-state index is 4.93. The molecule has 0 spiro atoms. The molecule has 0 amide bonds. The van der Waals surface area contributed by atoms with Crippen molar-refractivity contribution in [2.75, 3.05) is 11.5 Å². The zero-order valence-corrected chi connectivity index (χ0v) is 11.5. The van der Waals surface area contributed by atoms with Crippen LogP contribution in [0, 0.1) is 5.41 Å². The summed E-state index contributed by atoms with van der Waals surface area (Å²) in [6, 6.07) is 10.2. The fourth-order valence-electron chi connectivity index (χ4n) is 1.32. The van der Waals surface area contributed by atoms with Gasteiger partial charge in [-0.3, -0.25) is 0 Å². The predicted molar refractivity (Wildman–Crippen MR) is 72.7 cm³/mol. The second-order valence-corrected chi connectivity index (χ2v) is 4.77. The largest absolute Gasteiger partial charge is 0.399 e. The lowest BCUT2D eigenvalue weighted by Crippen LogP contribution is -2.27. The van der Waals surface area contributed by atoms with Crippen LogP contribution in [0.4, 0.5) is 0 Å². The van der Waals surface area contributed by atoms with Gasteiger partial charge in [0, 0.05) is 9.84 Å². The summed E-state index contributed by atoms with van der Waals surface area (Å²) in [5.41, 5.74) is 2.15. The van der Waals surface area contributed by atoms with E-state index < -0.39 is 0 Å². The lowest BCUT2D eigenvalue weighted by molar-refractivity contribution is 0.210. The molecule has 0 saturated carbocycles. The Morgan fingerprint density at radius 3 is 2.40 bits per heavy atom. The third-order valence-corrected chi connectivity index (χ3v) is 4.11. The quantitative estimate of drug-likeness (QED) is 0.360. The number of benzene rings is 1. The van der Waals surface area contributed by atoms with Crippen LogP contribution in [-0.2, 0) is 4.84 Å². The normalized spacial score (nSPS) is 12.7. The first-order chi connectivity index (χ1) is 7.11. The number of hydrogen-bond donors (Lipinski definition) is 0. The van der Waals surface area contributed by atoms with E-state index >= 15 is 0 Å². The summed E-state index contributed by atoms with van der Waals surface area (Å²) in [6.07, 6.45) is 0. The number of halogens is 1. The summed E-state index contributed by atoms with van der Waals surface area (Å²) in [5.74, 6) is 0. The van der Waals surface area contributed by atoms with Crippen LogP contribution in [0.3, 0.4) is 0 Å². The van der Waals surface area contributed by atoms with Gasteiger partial charge in [0.15, 0.2) is 0 Å².